The topological polar surface area (TPSA) is 104 Å². The van der Waals surface area contributed by atoms with Gasteiger partial charge in [0.25, 0.3) is 11.7 Å². The van der Waals surface area contributed by atoms with Gasteiger partial charge in [-0.15, -0.1) is 0 Å². The number of amides is 1. The molecule has 0 aromatic heterocycles. The van der Waals surface area contributed by atoms with E-state index in [2.05, 4.69) is 0 Å². The van der Waals surface area contributed by atoms with Gasteiger partial charge < -0.3 is 19.8 Å². The Morgan fingerprint density at radius 1 is 0.886 bits per heavy atom. The number of ether oxygens (including phenoxy) is 1. The van der Waals surface area contributed by atoms with Gasteiger partial charge >= 0.3 is 5.97 Å². The van der Waals surface area contributed by atoms with E-state index in [0.29, 0.717) is 22.4 Å². The molecule has 0 aliphatic carbocycles. The highest BCUT2D eigenvalue weighted by atomic mass is 16.5. The minimum Gasteiger partial charge on any atom is -0.507 e. The van der Waals surface area contributed by atoms with Crippen LogP contribution in [0.25, 0.3) is 5.76 Å². The van der Waals surface area contributed by atoms with Crippen LogP contribution in [-0.2, 0) is 16.1 Å². The summed E-state index contributed by atoms with van der Waals surface area (Å²) in [4.78, 5) is 39.0. The number of aromatic carboxylic acids is 1. The third-order valence-electron chi connectivity index (χ3n) is 6.31. The molecule has 0 radical (unpaired) electrons. The maximum absolute atomic E-state index is 13.2. The van der Waals surface area contributed by atoms with E-state index in [1.165, 1.54) is 17.0 Å². The molecule has 0 saturated carbocycles. The van der Waals surface area contributed by atoms with Crippen LogP contribution in [0.5, 0.6) is 5.75 Å². The second kappa shape index (κ2) is 9.46. The van der Waals surface area contributed by atoms with Crippen LogP contribution in [0.2, 0.25) is 0 Å². The van der Waals surface area contributed by atoms with Gasteiger partial charge in [-0.05, 0) is 66.4 Å². The molecule has 1 aliphatic rings. The normalized spacial score (nSPS) is 17.0. The lowest BCUT2D eigenvalue weighted by Crippen LogP contribution is -2.29. The molecule has 0 spiro atoms. The van der Waals surface area contributed by atoms with Crippen molar-refractivity contribution in [3.8, 4) is 5.75 Å². The predicted octanol–water partition coefficient (Wildman–Crippen LogP) is 4.63. The summed E-state index contributed by atoms with van der Waals surface area (Å²) in [6.07, 6.45) is 0. The number of aryl methyl sites for hydroxylation is 2. The first-order valence-electron chi connectivity index (χ1n) is 11.0. The summed E-state index contributed by atoms with van der Waals surface area (Å²) >= 11 is 0. The highest BCUT2D eigenvalue weighted by molar-refractivity contribution is 6.46. The number of benzene rings is 3. The van der Waals surface area contributed by atoms with E-state index in [9.17, 15) is 19.5 Å². The number of aliphatic hydroxyl groups is 1. The van der Waals surface area contributed by atoms with Crippen LogP contribution in [-0.4, -0.2) is 39.9 Å². The standard InChI is InChI=1S/C28H25NO6/c1-16-4-7-21(14-17(16)2)25(30)23-24(19-10-12-22(35-3)13-11-19)29(27(32)26(23)31)15-18-5-8-20(9-6-18)28(33)34/h4-14,24,30H,15H2,1-3H3,(H,33,34)/b25-23-. The SMILES string of the molecule is COc1ccc(C2/C(=C(/O)c3ccc(C)c(C)c3)C(=O)C(=O)N2Cc2ccc(C(=O)O)cc2)cc1. The third-order valence-corrected chi connectivity index (χ3v) is 6.31. The molecule has 178 valence electrons. The van der Waals surface area contributed by atoms with Crippen molar-refractivity contribution in [3.63, 3.8) is 0 Å². The number of ketones is 1. The summed E-state index contributed by atoms with van der Waals surface area (Å²) < 4.78 is 5.24. The lowest BCUT2D eigenvalue weighted by molar-refractivity contribution is -0.140. The van der Waals surface area contributed by atoms with Gasteiger partial charge in [0.2, 0.25) is 0 Å². The fourth-order valence-electron chi connectivity index (χ4n) is 4.17. The summed E-state index contributed by atoms with van der Waals surface area (Å²) in [5.41, 5.74) is 3.86. The number of hydrogen-bond donors (Lipinski definition) is 2. The monoisotopic (exact) mass is 471 g/mol. The molecular weight excluding hydrogens is 446 g/mol. The Bertz CT molecular complexity index is 1340. The van der Waals surface area contributed by atoms with Crippen molar-refractivity contribution in [2.24, 2.45) is 0 Å². The summed E-state index contributed by atoms with van der Waals surface area (Å²) in [6.45, 7) is 3.92. The predicted molar refractivity (Wildman–Crippen MR) is 130 cm³/mol. The Morgan fingerprint density at radius 2 is 1.51 bits per heavy atom. The quantitative estimate of drug-likeness (QED) is 0.309. The van der Waals surface area contributed by atoms with Crippen molar-refractivity contribution in [1.82, 2.24) is 4.90 Å². The molecular formula is C28H25NO6. The lowest BCUT2D eigenvalue weighted by atomic mass is 9.94. The zero-order valence-electron chi connectivity index (χ0n) is 19.6. The van der Waals surface area contributed by atoms with Crippen molar-refractivity contribution in [1.29, 1.82) is 0 Å². The van der Waals surface area contributed by atoms with Gasteiger partial charge in [0.15, 0.2) is 0 Å². The summed E-state index contributed by atoms with van der Waals surface area (Å²) in [6, 6.07) is 17.6. The fraction of sp³-hybridized carbons (Fsp3) is 0.179. The third kappa shape index (κ3) is 4.53. The van der Waals surface area contributed by atoms with Crippen LogP contribution in [0, 0.1) is 13.8 Å². The van der Waals surface area contributed by atoms with Gasteiger partial charge in [0, 0.05) is 12.1 Å². The van der Waals surface area contributed by atoms with Crippen molar-refractivity contribution in [2.45, 2.75) is 26.4 Å². The Morgan fingerprint density at radius 3 is 2.09 bits per heavy atom. The van der Waals surface area contributed by atoms with E-state index in [-0.39, 0.29) is 23.4 Å². The maximum Gasteiger partial charge on any atom is 0.335 e. The molecule has 4 rings (SSSR count). The van der Waals surface area contributed by atoms with Gasteiger partial charge in [-0.2, -0.15) is 0 Å². The zero-order chi connectivity index (χ0) is 25.3. The van der Waals surface area contributed by atoms with Gasteiger partial charge in [0.05, 0.1) is 24.3 Å². The van der Waals surface area contributed by atoms with Crippen LogP contribution in [0.4, 0.5) is 0 Å². The van der Waals surface area contributed by atoms with Gasteiger partial charge in [0.1, 0.15) is 11.5 Å². The number of methoxy groups -OCH3 is 1. The summed E-state index contributed by atoms with van der Waals surface area (Å²) in [5, 5.41) is 20.4. The number of carboxylic acids is 1. The molecule has 1 amide bonds. The van der Waals surface area contributed by atoms with Crippen LogP contribution in [0.1, 0.15) is 44.2 Å². The van der Waals surface area contributed by atoms with Gasteiger partial charge in [-0.3, -0.25) is 9.59 Å². The molecule has 1 unspecified atom stereocenters. The molecule has 3 aromatic rings. The van der Waals surface area contributed by atoms with E-state index < -0.39 is 23.7 Å². The van der Waals surface area contributed by atoms with Gasteiger partial charge in [-0.25, -0.2) is 4.79 Å². The average molecular weight is 472 g/mol. The number of carboxylic acid groups (broad SMARTS) is 1. The van der Waals surface area contributed by atoms with Crippen LogP contribution in [0.3, 0.4) is 0 Å². The Labute approximate surface area is 202 Å². The second-order valence-corrected chi connectivity index (χ2v) is 8.50. The number of rotatable bonds is 6. The average Bonchev–Trinajstić information content (AvgIpc) is 3.10. The van der Waals surface area contributed by atoms with E-state index in [4.69, 9.17) is 9.84 Å². The molecule has 1 saturated heterocycles. The van der Waals surface area contributed by atoms with Crippen LogP contribution >= 0.6 is 0 Å². The van der Waals surface area contributed by atoms with Crippen molar-refractivity contribution < 1.29 is 29.3 Å². The molecule has 1 aliphatic heterocycles. The first-order valence-corrected chi connectivity index (χ1v) is 11.0. The highest BCUT2D eigenvalue weighted by Crippen LogP contribution is 2.40. The smallest absolute Gasteiger partial charge is 0.335 e. The number of nitrogens with zero attached hydrogens (tertiary/aromatic N) is 1. The molecule has 1 atom stereocenters. The first kappa shape index (κ1) is 23.8. The zero-order valence-corrected chi connectivity index (χ0v) is 19.6. The number of Topliss-reactive ketones (excluding diaryl/α,β-unsaturated/α-hetero) is 1. The summed E-state index contributed by atoms with van der Waals surface area (Å²) in [7, 11) is 1.54. The molecule has 1 fully saturated rings. The molecule has 0 bridgehead atoms. The van der Waals surface area contributed by atoms with E-state index in [0.717, 1.165) is 11.1 Å². The Kier molecular flexibility index (Phi) is 6.42. The minimum absolute atomic E-state index is 0.00516. The van der Waals surface area contributed by atoms with Crippen molar-refractivity contribution in [3.05, 3.63) is 106 Å². The molecule has 3 aromatic carbocycles. The van der Waals surface area contributed by atoms with Crippen LogP contribution < -0.4 is 4.74 Å². The van der Waals surface area contributed by atoms with E-state index >= 15 is 0 Å². The van der Waals surface area contributed by atoms with Crippen molar-refractivity contribution in [2.75, 3.05) is 7.11 Å². The maximum atomic E-state index is 13.2. The van der Waals surface area contributed by atoms with Crippen molar-refractivity contribution >= 4 is 23.4 Å². The number of carbonyl (C=O) groups excluding carboxylic acids is 2. The van der Waals surface area contributed by atoms with Gasteiger partial charge in [-0.1, -0.05) is 36.4 Å². The fourth-order valence-corrected chi connectivity index (χ4v) is 4.17. The molecule has 35 heavy (non-hydrogen) atoms. The first-order chi connectivity index (χ1) is 16.7. The number of aliphatic hydroxyl groups excluding tert-OH is 1. The van der Waals surface area contributed by atoms with E-state index in [1.807, 2.05) is 19.9 Å². The molecule has 7 nitrogen and oxygen atoms in total. The molecule has 7 heteroatoms. The van der Waals surface area contributed by atoms with E-state index in [1.54, 1.807) is 55.6 Å². The highest BCUT2D eigenvalue weighted by Gasteiger charge is 2.46. The van der Waals surface area contributed by atoms with Crippen LogP contribution in [0.15, 0.2) is 72.3 Å². The Hall–Kier alpha value is -4.39. The Balaban J connectivity index is 1.83. The largest absolute Gasteiger partial charge is 0.507 e. The lowest BCUT2D eigenvalue weighted by Gasteiger charge is -2.25. The molecule has 1 heterocycles. The minimum atomic E-state index is -1.05. The molecule has 2 N–H and O–H groups in total. The number of hydrogen-bond acceptors (Lipinski definition) is 5. The second-order valence-electron chi connectivity index (χ2n) is 8.50. The number of carbonyl (C=O) groups is 3. The number of likely N-dealkylation sites (tertiary alicyclic amines) is 1. The summed E-state index contributed by atoms with van der Waals surface area (Å²) in [5.74, 6) is -2.19.